The molecule has 0 radical (unpaired) electrons. The number of nitrogens with two attached hydrogens (primary N) is 1. The summed E-state index contributed by atoms with van der Waals surface area (Å²) in [4.78, 5) is 79.0. The van der Waals surface area contributed by atoms with Crippen molar-refractivity contribution >= 4 is 62.1 Å². The molecule has 6 rings (SSSR count). The van der Waals surface area contributed by atoms with Crippen molar-refractivity contribution in [1.29, 1.82) is 0 Å². The number of aromatic nitrogens is 1. The number of carbonyl (C=O) groups is 5. The van der Waals surface area contributed by atoms with Gasteiger partial charge in [-0.25, -0.2) is 28.0 Å². The summed E-state index contributed by atoms with van der Waals surface area (Å²) in [6.07, 6.45) is 2.77. The van der Waals surface area contributed by atoms with Crippen molar-refractivity contribution in [2.24, 2.45) is 5.16 Å². The summed E-state index contributed by atoms with van der Waals surface area (Å²) in [7, 11) is -4.64. The van der Waals surface area contributed by atoms with Crippen molar-refractivity contribution in [3.8, 4) is 0 Å². The van der Waals surface area contributed by atoms with Gasteiger partial charge in [-0.1, -0.05) is 5.16 Å². The molecular formula is C25H25N7O14S2. The second-order valence-electron chi connectivity index (χ2n) is 11.0. The monoisotopic (exact) mass is 711 g/mol. The number of hydrogen-bond donors (Lipinski definition) is 6. The van der Waals surface area contributed by atoms with Crippen LogP contribution in [0.25, 0.3) is 0 Å². The van der Waals surface area contributed by atoms with Gasteiger partial charge < -0.3 is 41.1 Å². The van der Waals surface area contributed by atoms with Crippen LogP contribution in [-0.2, 0) is 48.6 Å². The normalized spacial score (nSPS) is 27.6. The molecule has 0 aromatic carbocycles. The van der Waals surface area contributed by atoms with Crippen LogP contribution in [0.15, 0.2) is 46.2 Å². The van der Waals surface area contributed by atoms with E-state index in [4.69, 9.17) is 20.1 Å². The van der Waals surface area contributed by atoms with Gasteiger partial charge in [0.15, 0.2) is 22.4 Å². The van der Waals surface area contributed by atoms with Crippen LogP contribution < -0.4 is 11.1 Å². The number of aliphatic hydroxyl groups excluding tert-OH is 2. The Hall–Kier alpha value is -5.42. The minimum atomic E-state index is -4.64. The third-order valence-corrected chi connectivity index (χ3v) is 10.4. The summed E-state index contributed by atoms with van der Waals surface area (Å²) in [6.45, 7) is -0.678. The highest BCUT2D eigenvalue weighted by Gasteiger charge is 2.65. The maximum Gasteiger partial charge on any atom is 0.372 e. The molecule has 1 saturated carbocycles. The van der Waals surface area contributed by atoms with Gasteiger partial charge in [-0.15, -0.1) is 11.3 Å². The highest BCUT2D eigenvalue weighted by molar-refractivity contribution is 7.87. The number of ether oxygens (including phenoxy) is 1. The maximum absolute atomic E-state index is 13.5. The van der Waals surface area contributed by atoms with E-state index in [1.165, 1.54) is 5.38 Å². The SMILES string of the molecule is Nc1nc(/C(=N/OC2(C(=O)O)CCCC2)C(=O)N[C@H]2CON(C3(C(=O)O)CC(N4C=C5C=C(O)C(O)=CN5S4(=O)=O)C(=O)O3)C2=O)cs1. The molecule has 256 valence electrons. The van der Waals surface area contributed by atoms with E-state index in [0.29, 0.717) is 27.7 Å². The summed E-state index contributed by atoms with van der Waals surface area (Å²) >= 11 is 0.930. The highest BCUT2D eigenvalue weighted by atomic mass is 32.2. The Morgan fingerprint density at radius 2 is 1.83 bits per heavy atom. The molecule has 23 heteroatoms. The largest absolute Gasteiger partial charge is 0.504 e. The number of aliphatic hydroxyl groups is 2. The molecule has 48 heavy (non-hydrogen) atoms. The number of hydrogen-bond acceptors (Lipinski definition) is 16. The Morgan fingerprint density at radius 3 is 2.46 bits per heavy atom. The molecule has 4 aliphatic heterocycles. The predicted molar refractivity (Wildman–Crippen MR) is 155 cm³/mol. The molecule has 1 aromatic rings. The number of carboxylic acids is 2. The Bertz CT molecular complexity index is 1860. The first kappa shape index (κ1) is 32.5. The van der Waals surface area contributed by atoms with Crippen LogP contribution in [0.2, 0.25) is 0 Å². The number of fused-ring (bicyclic) bond motifs is 1. The van der Waals surface area contributed by atoms with Gasteiger partial charge in [0.25, 0.3) is 11.8 Å². The number of carbonyl (C=O) groups excluding carboxylic acids is 3. The zero-order valence-corrected chi connectivity index (χ0v) is 25.8. The number of thiazole rings is 1. The fraction of sp³-hybridized carbons (Fsp3) is 0.400. The number of amides is 2. The number of allylic oxidation sites excluding steroid dienone is 1. The van der Waals surface area contributed by atoms with E-state index >= 15 is 0 Å². The average molecular weight is 712 g/mol. The fourth-order valence-corrected chi connectivity index (χ4v) is 7.67. The average Bonchev–Trinajstić information content (AvgIpc) is 3.84. The van der Waals surface area contributed by atoms with Crippen LogP contribution >= 0.6 is 11.3 Å². The molecule has 5 aliphatic rings. The molecule has 2 amide bonds. The Morgan fingerprint density at radius 1 is 1.12 bits per heavy atom. The third kappa shape index (κ3) is 5.11. The Balaban J connectivity index is 1.23. The van der Waals surface area contributed by atoms with Crippen molar-refractivity contribution < 1.29 is 67.2 Å². The van der Waals surface area contributed by atoms with Crippen LogP contribution in [0.5, 0.6) is 0 Å². The zero-order valence-electron chi connectivity index (χ0n) is 24.2. The van der Waals surface area contributed by atoms with Gasteiger partial charge >= 0.3 is 33.8 Å². The first-order valence-electron chi connectivity index (χ1n) is 13.9. The van der Waals surface area contributed by atoms with E-state index in [2.05, 4.69) is 15.5 Å². The number of nitrogen functional groups attached to an aromatic ring is 1. The summed E-state index contributed by atoms with van der Waals surface area (Å²) in [5, 5.41) is 47.1. The molecule has 0 spiro atoms. The molecule has 0 bridgehead atoms. The van der Waals surface area contributed by atoms with Gasteiger partial charge in [0.05, 0.1) is 18.3 Å². The topological polar surface area (TPSA) is 301 Å². The van der Waals surface area contributed by atoms with Gasteiger partial charge in [-0.05, 0) is 12.8 Å². The van der Waals surface area contributed by atoms with Crippen molar-refractivity contribution in [2.75, 3.05) is 12.3 Å². The third-order valence-electron chi connectivity index (χ3n) is 8.06. The summed E-state index contributed by atoms with van der Waals surface area (Å²) in [5.74, 6) is -8.38. The summed E-state index contributed by atoms with van der Waals surface area (Å²) in [5.41, 5.74) is 0.224. The molecule has 1 aliphatic carbocycles. The minimum absolute atomic E-state index is 0.0270. The van der Waals surface area contributed by atoms with Gasteiger partial charge in [0.2, 0.25) is 5.60 Å². The van der Waals surface area contributed by atoms with Crippen LogP contribution in [0.3, 0.4) is 0 Å². The van der Waals surface area contributed by atoms with Gasteiger partial charge in [-0.2, -0.15) is 13.5 Å². The van der Waals surface area contributed by atoms with Crippen LogP contribution in [-0.4, -0.2) is 113 Å². The van der Waals surface area contributed by atoms with Crippen molar-refractivity contribution in [2.45, 2.75) is 55.5 Å². The Kier molecular flexibility index (Phi) is 7.71. The molecular weight excluding hydrogens is 686 g/mol. The Labute approximate surface area is 272 Å². The van der Waals surface area contributed by atoms with E-state index in [1.54, 1.807) is 0 Å². The lowest BCUT2D eigenvalue weighted by Crippen LogP contribution is -2.57. The van der Waals surface area contributed by atoms with Gasteiger partial charge in [0, 0.05) is 30.5 Å². The highest BCUT2D eigenvalue weighted by Crippen LogP contribution is 2.41. The first-order chi connectivity index (χ1) is 22.6. The van der Waals surface area contributed by atoms with Gasteiger partial charge in [-0.3, -0.25) is 14.4 Å². The number of nitrogens with zero attached hydrogens (tertiary/aromatic N) is 5. The fourth-order valence-electron chi connectivity index (χ4n) is 5.59. The number of rotatable bonds is 9. The van der Waals surface area contributed by atoms with E-state index in [-0.39, 0.29) is 34.4 Å². The molecule has 7 N–H and O–H groups in total. The lowest BCUT2D eigenvalue weighted by molar-refractivity contribution is -0.256. The second-order valence-corrected chi connectivity index (χ2v) is 13.6. The smallest absolute Gasteiger partial charge is 0.372 e. The molecule has 2 saturated heterocycles. The van der Waals surface area contributed by atoms with E-state index in [9.17, 15) is 52.8 Å². The maximum atomic E-state index is 13.5. The van der Waals surface area contributed by atoms with E-state index in [1.807, 2.05) is 0 Å². The van der Waals surface area contributed by atoms with Gasteiger partial charge in [0.1, 0.15) is 24.4 Å². The number of cyclic esters (lactones) is 1. The summed E-state index contributed by atoms with van der Waals surface area (Å²) in [6, 6.07) is -3.47. The molecule has 1 aromatic heterocycles. The number of oxime groups is 1. The number of anilines is 1. The van der Waals surface area contributed by atoms with E-state index in [0.717, 1.165) is 23.6 Å². The number of aliphatic carboxylic acids is 2. The quantitative estimate of drug-likeness (QED) is 0.0991. The standard InChI is InChI=1S/C25H25N7O14S2/c26-23-28-13(10-47-23)17(29-46-24(21(38)39)3-1-2-4-24)18(35)27-12-9-44-32(19(12)36)25(22(40)41)6-14(20(37)45-25)31-7-11-5-15(33)16(34)8-30(11)48(31,42)43/h5,7-8,10,12,14,33-34H,1-4,6,9H2,(H2,26,28)(H,27,35)(H,38,39)(H,40,41)/b29-17-/t12-,14?,25?/m0/s1. The number of hydroxylamine groups is 2. The number of esters is 1. The van der Waals surface area contributed by atoms with Crippen molar-refractivity contribution in [3.05, 3.63) is 46.8 Å². The van der Waals surface area contributed by atoms with Crippen molar-refractivity contribution in [3.63, 3.8) is 0 Å². The summed E-state index contributed by atoms with van der Waals surface area (Å²) < 4.78 is 32.4. The predicted octanol–water partition coefficient (Wildman–Crippen LogP) is -1.24. The lowest BCUT2D eigenvalue weighted by Gasteiger charge is -2.31. The minimum Gasteiger partial charge on any atom is -0.504 e. The number of carboxylic acid groups (broad SMARTS) is 2. The van der Waals surface area contributed by atoms with Crippen LogP contribution in [0, 0.1) is 0 Å². The first-order valence-corrected chi connectivity index (χ1v) is 16.2. The van der Waals surface area contributed by atoms with E-state index < -0.39 is 93.6 Å². The zero-order chi connectivity index (χ0) is 34.8. The number of nitrogens with one attached hydrogen (secondary N) is 1. The molecule has 21 nitrogen and oxygen atoms in total. The molecule has 2 unspecified atom stereocenters. The molecule has 5 heterocycles. The molecule has 3 atom stereocenters. The second kappa shape index (κ2) is 11.4. The van der Waals surface area contributed by atoms with Crippen LogP contribution in [0.4, 0.5) is 5.13 Å². The van der Waals surface area contributed by atoms with Crippen LogP contribution in [0.1, 0.15) is 37.8 Å². The molecule has 3 fully saturated rings. The van der Waals surface area contributed by atoms with Crippen molar-refractivity contribution in [1.82, 2.24) is 24.0 Å². The lowest BCUT2D eigenvalue weighted by atomic mass is 10.0.